The third kappa shape index (κ3) is 1.06. The lowest BCUT2D eigenvalue weighted by Crippen LogP contribution is -2.53. The van der Waals surface area contributed by atoms with Gasteiger partial charge in [0, 0.05) is 13.0 Å². The van der Waals surface area contributed by atoms with Crippen LogP contribution in [0.4, 0.5) is 0 Å². The van der Waals surface area contributed by atoms with Crippen molar-refractivity contribution in [3.05, 3.63) is 0 Å². The van der Waals surface area contributed by atoms with Gasteiger partial charge < -0.3 is 14.6 Å². The van der Waals surface area contributed by atoms with Crippen molar-refractivity contribution >= 4 is 0 Å². The topological polar surface area (TPSA) is 62.5 Å². The SMILES string of the molecule is N#CC1(C2(O)CCOC2)CC2CCC1O2. The lowest BCUT2D eigenvalue weighted by atomic mass is 9.63. The van der Waals surface area contributed by atoms with Crippen LogP contribution in [-0.2, 0) is 9.47 Å². The van der Waals surface area contributed by atoms with E-state index in [0.717, 1.165) is 12.8 Å². The molecule has 3 saturated heterocycles. The maximum absolute atomic E-state index is 10.5. The monoisotopic (exact) mass is 209 g/mol. The van der Waals surface area contributed by atoms with Crippen molar-refractivity contribution in [2.75, 3.05) is 13.2 Å². The quantitative estimate of drug-likeness (QED) is 0.687. The van der Waals surface area contributed by atoms with Crippen LogP contribution >= 0.6 is 0 Å². The maximum Gasteiger partial charge on any atom is 0.117 e. The van der Waals surface area contributed by atoms with E-state index in [1.807, 2.05) is 0 Å². The largest absolute Gasteiger partial charge is 0.386 e. The van der Waals surface area contributed by atoms with Gasteiger partial charge in [-0.2, -0.15) is 5.26 Å². The van der Waals surface area contributed by atoms with Crippen LogP contribution in [-0.4, -0.2) is 36.1 Å². The zero-order valence-electron chi connectivity index (χ0n) is 8.61. The highest BCUT2D eigenvalue weighted by atomic mass is 16.5. The molecule has 0 spiro atoms. The van der Waals surface area contributed by atoms with Crippen LogP contribution < -0.4 is 0 Å². The van der Waals surface area contributed by atoms with Crippen LogP contribution in [0.3, 0.4) is 0 Å². The number of hydrogen-bond acceptors (Lipinski definition) is 4. The zero-order chi connectivity index (χ0) is 10.5. The molecule has 0 saturated carbocycles. The maximum atomic E-state index is 10.5. The van der Waals surface area contributed by atoms with Crippen molar-refractivity contribution < 1.29 is 14.6 Å². The van der Waals surface area contributed by atoms with Crippen molar-refractivity contribution in [1.82, 2.24) is 0 Å². The van der Waals surface area contributed by atoms with E-state index in [1.54, 1.807) is 0 Å². The number of nitrogens with zero attached hydrogens (tertiary/aromatic N) is 1. The lowest BCUT2D eigenvalue weighted by molar-refractivity contribution is -0.0861. The summed E-state index contributed by atoms with van der Waals surface area (Å²) in [4.78, 5) is 0. The van der Waals surface area contributed by atoms with E-state index in [-0.39, 0.29) is 18.8 Å². The van der Waals surface area contributed by atoms with Gasteiger partial charge in [0.1, 0.15) is 11.0 Å². The molecule has 0 radical (unpaired) electrons. The lowest BCUT2D eigenvalue weighted by Gasteiger charge is -2.40. The van der Waals surface area contributed by atoms with Gasteiger partial charge in [0.15, 0.2) is 0 Å². The third-order valence-corrected chi connectivity index (χ3v) is 4.24. The molecule has 0 aromatic heterocycles. The first-order valence-corrected chi connectivity index (χ1v) is 5.57. The summed E-state index contributed by atoms with van der Waals surface area (Å²) in [5.74, 6) is 0. The molecular formula is C11H15NO3. The molecule has 1 N–H and O–H groups in total. The fraction of sp³-hybridized carbons (Fsp3) is 0.909. The Hall–Kier alpha value is -0.630. The van der Waals surface area contributed by atoms with Gasteiger partial charge in [-0.25, -0.2) is 0 Å². The van der Waals surface area contributed by atoms with Gasteiger partial charge in [-0.3, -0.25) is 0 Å². The van der Waals surface area contributed by atoms with Gasteiger partial charge >= 0.3 is 0 Å². The number of hydrogen-bond donors (Lipinski definition) is 1. The summed E-state index contributed by atoms with van der Waals surface area (Å²) < 4.78 is 11.0. The predicted octanol–water partition coefficient (Wildman–Crippen LogP) is 0.599. The molecule has 3 rings (SSSR count). The number of aliphatic hydroxyl groups is 1. The van der Waals surface area contributed by atoms with Crippen molar-refractivity contribution in [3.63, 3.8) is 0 Å². The Labute approximate surface area is 88.8 Å². The number of fused-ring (bicyclic) bond motifs is 2. The molecule has 4 unspecified atom stereocenters. The predicted molar refractivity (Wildman–Crippen MR) is 50.9 cm³/mol. The van der Waals surface area contributed by atoms with Crippen molar-refractivity contribution in [1.29, 1.82) is 5.26 Å². The van der Waals surface area contributed by atoms with Crippen molar-refractivity contribution in [3.8, 4) is 6.07 Å². The van der Waals surface area contributed by atoms with E-state index in [2.05, 4.69) is 6.07 Å². The molecule has 15 heavy (non-hydrogen) atoms. The van der Waals surface area contributed by atoms with Crippen LogP contribution in [0, 0.1) is 16.7 Å². The smallest absolute Gasteiger partial charge is 0.117 e. The molecule has 3 aliphatic rings. The first-order chi connectivity index (χ1) is 7.20. The summed E-state index contributed by atoms with van der Waals surface area (Å²) in [7, 11) is 0. The van der Waals surface area contributed by atoms with Gasteiger partial charge in [-0.05, 0) is 19.3 Å². The summed E-state index contributed by atoms with van der Waals surface area (Å²) in [5, 5.41) is 20.0. The minimum absolute atomic E-state index is 0.0841. The second-order valence-corrected chi connectivity index (χ2v) is 4.95. The first kappa shape index (κ1) is 9.59. The minimum atomic E-state index is -0.985. The number of ether oxygens (including phenoxy) is 2. The molecule has 2 bridgehead atoms. The Morgan fingerprint density at radius 3 is 2.73 bits per heavy atom. The number of rotatable bonds is 1. The molecule has 3 heterocycles. The Morgan fingerprint density at radius 1 is 1.40 bits per heavy atom. The van der Waals surface area contributed by atoms with E-state index >= 15 is 0 Å². The fourth-order valence-electron chi connectivity index (χ4n) is 3.33. The van der Waals surface area contributed by atoms with Crippen LogP contribution in [0.5, 0.6) is 0 Å². The molecule has 3 fully saturated rings. The summed E-state index contributed by atoms with van der Waals surface area (Å²) in [6.07, 6.45) is 3.27. The van der Waals surface area contributed by atoms with Crippen LogP contribution in [0.2, 0.25) is 0 Å². The standard InChI is InChI=1S/C11H15NO3/c12-6-10(11(13)3-4-14-7-11)5-8-1-2-9(10)15-8/h8-9,13H,1-5,7H2. The second kappa shape index (κ2) is 2.94. The van der Waals surface area contributed by atoms with Crippen LogP contribution in [0.15, 0.2) is 0 Å². The first-order valence-electron chi connectivity index (χ1n) is 5.57. The van der Waals surface area contributed by atoms with E-state index in [1.165, 1.54) is 0 Å². The van der Waals surface area contributed by atoms with Crippen LogP contribution in [0.25, 0.3) is 0 Å². The molecule has 4 nitrogen and oxygen atoms in total. The highest BCUT2D eigenvalue weighted by molar-refractivity contribution is 5.21. The van der Waals surface area contributed by atoms with Crippen molar-refractivity contribution in [2.45, 2.75) is 43.5 Å². The van der Waals surface area contributed by atoms with Gasteiger partial charge in [-0.15, -0.1) is 0 Å². The second-order valence-electron chi connectivity index (χ2n) is 4.95. The zero-order valence-corrected chi connectivity index (χ0v) is 8.61. The normalized spacial score (nSPS) is 53.3. The Balaban J connectivity index is 1.97. The summed E-state index contributed by atoms with van der Waals surface area (Å²) in [6.45, 7) is 0.838. The van der Waals surface area contributed by atoms with E-state index in [4.69, 9.17) is 9.47 Å². The third-order valence-electron chi connectivity index (χ3n) is 4.24. The van der Waals surface area contributed by atoms with Gasteiger partial charge in [0.25, 0.3) is 0 Å². The molecule has 0 amide bonds. The summed E-state index contributed by atoms with van der Waals surface area (Å²) in [6, 6.07) is 2.34. The van der Waals surface area contributed by atoms with E-state index in [9.17, 15) is 10.4 Å². The molecule has 0 aliphatic carbocycles. The highest BCUT2D eigenvalue weighted by Crippen LogP contribution is 2.55. The highest BCUT2D eigenvalue weighted by Gasteiger charge is 2.64. The molecule has 0 aromatic carbocycles. The molecule has 3 aliphatic heterocycles. The van der Waals surface area contributed by atoms with Gasteiger partial charge in [0.05, 0.1) is 24.9 Å². The van der Waals surface area contributed by atoms with E-state index < -0.39 is 11.0 Å². The fourth-order valence-corrected chi connectivity index (χ4v) is 3.33. The average Bonchev–Trinajstić information content (AvgIpc) is 2.91. The van der Waals surface area contributed by atoms with Gasteiger partial charge in [-0.1, -0.05) is 0 Å². The van der Waals surface area contributed by atoms with Crippen molar-refractivity contribution in [2.24, 2.45) is 5.41 Å². The minimum Gasteiger partial charge on any atom is -0.386 e. The van der Waals surface area contributed by atoms with E-state index in [0.29, 0.717) is 19.4 Å². The molecule has 82 valence electrons. The van der Waals surface area contributed by atoms with Crippen LogP contribution in [0.1, 0.15) is 25.7 Å². The number of nitriles is 1. The molecule has 4 heteroatoms. The summed E-state index contributed by atoms with van der Waals surface area (Å²) in [5.41, 5.74) is -1.70. The Kier molecular flexibility index (Phi) is 1.88. The Bertz CT molecular complexity index is 318. The van der Waals surface area contributed by atoms with Gasteiger partial charge in [0.2, 0.25) is 0 Å². The molecule has 0 aromatic rings. The average molecular weight is 209 g/mol. The summed E-state index contributed by atoms with van der Waals surface area (Å²) >= 11 is 0. The molecule has 4 atom stereocenters. The Morgan fingerprint density at radius 2 is 2.27 bits per heavy atom. The molecular weight excluding hydrogens is 194 g/mol.